The molecule has 0 bridgehead atoms. The number of hydrogen-bond acceptors (Lipinski definition) is 2. The molecule has 0 aliphatic carbocycles. The summed E-state index contributed by atoms with van der Waals surface area (Å²) in [6.07, 6.45) is 5.55. The number of nitrogens with one attached hydrogen (secondary N) is 2. The number of hydrogen-bond donors (Lipinski definition) is 1. The Morgan fingerprint density at radius 2 is 2.00 bits per heavy atom. The van der Waals surface area contributed by atoms with Gasteiger partial charge in [0.05, 0.1) is 19.4 Å². The Morgan fingerprint density at radius 3 is 2.71 bits per heavy atom. The maximum absolute atomic E-state index is 5.65. The van der Waals surface area contributed by atoms with Gasteiger partial charge < -0.3 is 14.6 Å². The first-order valence-electron chi connectivity index (χ1n) is 7.81. The van der Waals surface area contributed by atoms with Crippen molar-refractivity contribution in [3.63, 3.8) is 0 Å². The largest absolute Gasteiger partial charge is 0.467 e. The molecule has 0 aliphatic rings. The average molecular weight is 338 g/mol. The lowest BCUT2D eigenvalue weighted by atomic mass is 10.2. The summed E-state index contributed by atoms with van der Waals surface area (Å²) < 4.78 is 5.49. The van der Waals surface area contributed by atoms with Crippen LogP contribution in [-0.4, -0.2) is 10.0 Å². The monoisotopic (exact) mass is 338 g/mol. The summed E-state index contributed by atoms with van der Waals surface area (Å²) in [4.78, 5) is 5.20. The van der Waals surface area contributed by atoms with Crippen molar-refractivity contribution in [3.05, 3.63) is 84.1 Å². The number of furan rings is 1. The molecule has 0 amide bonds. The second kappa shape index (κ2) is 7.75. The molecule has 0 unspecified atom stereocenters. The fraction of sp³-hybridized carbons (Fsp3) is 0.158. The van der Waals surface area contributed by atoms with Crippen molar-refractivity contribution >= 4 is 23.0 Å². The molecule has 3 aromatic rings. The van der Waals surface area contributed by atoms with Gasteiger partial charge in [-0.3, -0.25) is 0 Å². The van der Waals surface area contributed by atoms with Crippen LogP contribution in [0.3, 0.4) is 0 Å². The summed E-state index contributed by atoms with van der Waals surface area (Å²) in [5.41, 5.74) is 3.33. The van der Waals surface area contributed by atoms with Gasteiger partial charge in [0.15, 0.2) is 17.5 Å². The fourth-order valence-corrected chi connectivity index (χ4v) is 2.69. The SMILES string of the molecule is Cc1ccccc1NC(=S)N(Cc1ccc[nH+]c1)Cc1ccco1. The third-order valence-electron chi connectivity index (χ3n) is 3.75. The van der Waals surface area contributed by atoms with Gasteiger partial charge in [0.2, 0.25) is 0 Å². The minimum atomic E-state index is 0.611. The van der Waals surface area contributed by atoms with Crippen molar-refractivity contribution in [2.24, 2.45) is 0 Å². The fourth-order valence-electron chi connectivity index (χ4n) is 2.45. The molecule has 3 rings (SSSR count). The molecule has 0 aliphatic heterocycles. The minimum absolute atomic E-state index is 0.611. The zero-order valence-corrected chi connectivity index (χ0v) is 14.3. The second-order valence-electron chi connectivity index (χ2n) is 5.59. The smallest absolute Gasteiger partial charge is 0.174 e. The number of aryl methyl sites for hydroxylation is 1. The van der Waals surface area contributed by atoms with Crippen LogP contribution in [0.4, 0.5) is 5.69 Å². The quantitative estimate of drug-likeness (QED) is 0.719. The van der Waals surface area contributed by atoms with E-state index in [9.17, 15) is 0 Å². The number of anilines is 1. The third kappa shape index (κ3) is 4.20. The van der Waals surface area contributed by atoms with E-state index in [-0.39, 0.29) is 0 Å². The van der Waals surface area contributed by atoms with Crippen LogP contribution in [-0.2, 0) is 13.1 Å². The van der Waals surface area contributed by atoms with Crippen molar-refractivity contribution in [3.8, 4) is 0 Å². The summed E-state index contributed by atoms with van der Waals surface area (Å²) in [6, 6.07) is 16.0. The Bertz CT molecular complexity index is 787. The molecule has 2 aromatic heterocycles. The maximum Gasteiger partial charge on any atom is 0.174 e. The molecule has 0 fully saturated rings. The van der Waals surface area contributed by atoms with Gasteiger partial charge in [0.25, 0.3) is 0 Å². The summed E-state index contributed by atoms with van der Waals surface area (Å²) in [7, 11) is 0. The highest BCUT2D eigenvalue weighted by molar-refractivity contribution is 7.80. The molecule has 2 heterocycles. The summed E-state index contributed by atoms with van der Waals surface area (Å²) >= 11 is 5.65. The first-order chi connectivity index (χ1) is 11.7. The molecule has 0 radical (unpaired) electrons. The van der Waals surface area contributed by atoms with E-state index in [1.54, 1.807) is 6.26 Å². The summed E-state index contributed by atoms with van der Waals surface area (Å²) in [6.45, 7) is 3.36. The standard InChI is InChI=1S/C19H19N3OS/c1-15-6-2-3-9-18(15)21-19(24)22(14-17-8-5-11-23-17)13-16-7-4-10-20-12-16/h2-12H,13-14H2,1H3,(H,21,24)/p+1. The molecule has 2 N–H and O–H groups in total. The Hall–Kier alpha value is -2.66. The molecule has 0 saturated heterocycles. The highest BCUT2D eigenvalue weighted by Crippen LogP contribution is 2.16. The van der Waals surface area contributed by atoms with E-state index < -0.39 is 0 Å². The third-order valence-corrected chi connectivity index (χ3v) is 4.11. The highest BCUT2D eigenvalue weighted by atomic mass is 32.1. The Kier molecular flexibility index (Phi) is 5.23. The number of thiocarbonyl (C=S) groups is 1. The lowest BCUT2D eigenvalue weighted by Gasteiger charge is -2.25. The summed E-state index contributed by atoms with van der Waals surface area (Å²) in [5.74, 6) is 0.879. The van der Waals surface area contributed by atoms with Crippen LogP contribution < -0.4 is 10.3 Å². The van der Waals surface area contributed by atoms with Crippen LogP contribution in [0.1, 0.15) is 16.9 Å². The van der Waals surface area contributed by atoms with Crippen LogP contribution >= 0.6 is 12.2 Å². The van der Waals surface area contributed by atoms with E-state index in [0.717, 1.165) is 22.6 Å². The molecule has 0 saturated carbocycles. The van der Waals surface area contributed by atoms with Gasteiger partial charge >= 0.3 is 0 Å². The Balaban J connectivity index is 1.77. The van der Waals surface area contributed by atoms with Crippen molar-refractivity contribution < 1.29 is 9.40 Å². The van der Waals surface area contributed by atoms with Gasteiger partial charge in [-0.2, -0.15) is 0 Å². The average Bonchev–Trinajstić information content (AvgIpc) is 3.10. The van der Waals surface area contributed by atoms with E-state index in [0.29, 0.717) is 18.2 Å². The lowest BCUT2D eigenvalue weighted by molar-refractivity contribution is -0.378. The predicted molar refractivity (Wildman–Crippen MR) is 98.4 cm³/mol. The van der Waals surface area contributed by atoms with E-state index in [2.05, 4.69) is 34.3 Å². The molecule has 5 heteroatoms. The van der Waals surface area contributed by atoms with Crippen molar-refractivity contribution in [1.82, 2.24) is 4.90 Å². The highest BCUT2D eigenvalue weighted by Gasteiger charge is 2.14. The second-order valence-corrected chi connectivity index (χ2v) is 5.98. The topological polar surface area (TPSA) is 42.5 Å². The number of nitrogens with zero attached hydrogens (tertiary/aromatic N) is 1. The van der Waals surface area contributed by atoms with E-state index >= 15 is 0 Å². The van der Waals surface area contributed by atoms with Crippen molar-refractivity contribution in [2.75, 3.05) is 5.32 Å². The Morgan fingerprint density at radius 1 is 1.12 bits per heavy atom. The van der Waals surface area contributed by atoms with Crippen LogP contribution in [0, 0.1) is 6.92 Å². The minimum Gasteiger partial charge on any atom is -0.467 e. The molecular weight excluding hydrogens is 318 g/mol. The number of aromatic amines is 1. The number of benzene rings is 1. The molecule has 4 nitrogen and oxygen atoms in total. The molecule has 1 aromatic carbocycles. The lowest BCUT2D eigenvalue weighted by Crippen LogP contribution is -2.34. The van der Waals surface area contributed by atoms with Gasteiger partial charge in [-0.1, -0.05) is 18.2 Å². The van der Waals surface area contributed by atoms with Gasteiger partial charge in [-0.15, -0.1) is 0 Å². The maximum atomic E-state index is 5.65. The van der Waals surface area contributed by atoms with Crippen LogP contribution in [0.5, 0.6) is 0 Å². The van der Waals surface area contributed by atoms with Crippen LogP contribution in [0.25, 0.3) is 0 Å². The molecular formula is C19H20N3OS+. The molecule has 122 valence electrons. The predicted octanol–water partition coefficient (Wildman–Crippen LogP) is 3.80. The van der Waals surface area contributed by atoms with Gasteiger partial charge in [0, 0.05) is 17.3 Å². The molecule has 24 heavy (non-hydrogen) atoms. The Labute approximate surface area is 147 Å². The van der Waals surface area contributed by atoms with E-state index in [1.807, 2.05) is 48.8 Å². The zero-order valence-electron chi connectivity index (χ0n) is 13.5. The first kappa shape index (κ1) is 16.2. The number of rotatable bonds is 5. The molecule has 0 spiro atoms. The zero-order chi connectivity index (χ0) is 16.8. The van der Waals surface area contributed by atoms with Crippen molar-refractivity contribution in [1.29, 1.82) is 0 Å². The number of para-hydroxylation sites is 1. The molecule has 0 atom stereocenters. The van der Waals surface area contributed by atoms with Crippen LogP contribution in [0.15, 0.2) is 71.6 Å². The van der Waals surface area contributed by atoms with E-state index in [1.165, 1.54) is 0 Å². The number of pyridine rings is 1. The number of aromatic nitrogens is 1. The van der Waals surface area contributed by atoms with Crippen LogP contribution in [0.2, 0.25) is 0 Å². The summed E-state index contributed by atoms with van der Waals surface area (Å²) in [5, 5.41) is 4.02. The van der Waals surface area contributed by atoms with Crippen molar-refractivity contribution in [2.45, 2.75) is 20.0 Å². The van der Waals surface area contributed by atoms with Gasteiger partial charge in [0.1, 0.15) is 5.76 Å². The normalized spacial score (nSPS) is 10.4. The van der Waals surface area contributed by atoms with Gasteiger partial charge in [-0.05, 0) is 49.0 Å². The number of H-pyrrole nitrogens is 1. The first-order valence-corrected chi connectivity index (χ1v) is 8.22. The van der Waals surface area contributed by atoms with E-state index in [4.69, 9.17) is 16.6 Å². The van der Waals surface area contributed by atoms with Gasteiger partial charge in [-0.25, -0.2) is 4.98 Å².